The first-order valence-electron chi connectivity index (χ1n) is 10.0. The highest BCUT2D eigenvalue weighted by Gasteiger charge is 2.57. The first kappa shape index (κ1) is 19.0. The summed E-state index contributed by atoms with van der Waals surface area (Å²) in [6.45, 7) is 0.231. The molecule has 0 saturated heterocycles. The van der Waals surface area contributed by atoms with Gasteiger partial charge in [-0.15, -0.1) is 0 Å². The molecule has 29 heavy (non-hydrogen) atoms. The van der Waals surface area contributed by atoms with Crippen LogP contribution >= 0.6 is 0 Å². The summed E-state index contributed by atoms with van der Waals surface area (Å²) < 4.78 is 38.9. The maximum atomic E-state index is 12.8. The van der Waals surface area contributed by atoms with Gasteiger partial charge in [0.15, 0.2) is 0 Å². The van der Waals surface area contributed by atoms with E-state index in [0.29, 0.717) is 29.0 Å². The van der Waals surface area contributed by atoms with Crippen molar-refractivity contribution in [3.63, 3.8) is 0 Å². The molecule has 2 unspecified atom stereocenters. The number of hydrogen-bond acceptors (Lipinski definition) is 5. The quantitative estimate of drug-likeness (QED) is 0.584. The Kier molecular flexibility index (Phi) is 4.11. The van der Waals surface area contributed by atoms with Crippen molar-refractivity contribution in [1.29, 1.82) is 0 Å². The second-order valence-electron chi connectivity index (χ2n) is 9.43. The van der Waals surface area contributed by atoms with Crippen LogP contribution in [0.25, 0.3) is 10.8 Å². The van der Waals surface area contributed by atoms with Gasteiger partial charge in [0, 0.05) is 10.8 Å². The smallest absolute Gasteiger partial charge is 0.338 e. The van der Waals surface area contributed by atoms with Gasteiger partial charge in [-0.05, 0) is 67.9 Å². The average molecular weight is 416 g/mol. The number of rotatable bonds is 4. The van der Waals surface area contributed by atoms with Crippen molar-refractivity contribution >= 4 is 26.9 Å². The van der Waals surface area contributed by atoms with Crippen LogP contribution in [-0.4, -0.2) is 36.3 Å². The van der Waals surface area contributed by atoms with E-state index in [1.165, 1.54) is 6.07 Å². The maximum Gasteiger partial charge on any atom is 0.338 e. The van der Waals surface area contributed by atoms with E-state index in [1.54, 1.807) is 30.3 Å². The van der Waals surface area contributed by atoms with Gasteiger partial charge in [0.2, 0.25) is 0 Å². The van der Waals surface area contributed by atoms with Gasteiger partial charge >= 0.3 is 5.97 Å². The number of ether oxygens (including phenoxy) is 1. The van der Waals surface area contributed by atoms with Gasteiger partial charge in [0.1, 0.15) is 4.90 Å². The molecule has 0 heterocycles. The van der Waals surface area contributed by atoms with E-state index in [0.717, 1.165) is 32.1 Å². The predicted octanol–water partition coefficient (Wildman–Crippen LogP) is 3.57. The van der Waals surface area contributed by atoms with Crippen LogP contribution in [0.2, 0.25) is 0 Å². The second-order valence-corrected chi connectivity index (χ2v) is 10.8. The van der Waals surface area contributed by atoms with E-state index < -0.39 is 21.7 Å². The zero-order valence-electron chi connectivity index (χ0n) is 16.0. The summed E-state index contributed by atoms with van der Waals surface area (Å²) in [5.74, 6) is 0.377. The van der Waals surface area contributed by atoms with Gasteiger partial charge in [-0.1, -0.05) is 24.3 Å². The van der Waals surface area contributed by atoms with Crippen LogP contribution in [-0.2, 0) is 14.9 Å². The number of benzene rings is 2. The zero-order chi connectivity index (χ0) is 20.4. The Balaban J connectivity index is 1.41. The highest BCUT2D eigenvalue weighted by atomic mass is 32.2. The third kappa shape index (κ3) is 3.35. The molecule has 0 spiro atoms. The molecular weight excluding hydrogens is 392 g/mol. The molecule has 4 aliphatic rings. The minimum atomic E-state index is -4.49. The largest absolute Gasteiger partial charge is 0.462 e. The van der Waals surface area contributed by atoms with E-state index >= 15 is 0 Å². The molecule has 4 saturated carbocycles. The van der Waals surface area contributed by atoms with Crippen molar-refractivity contribution in [2.24, 2.45) is 17.3 Å². The van der Waals surface area contributed by atoms with E-state index in [1.807, 2.05) is 0 Å². The van der Waals surface area contributed by atoms with Crippen molar-refractivity contribution in [1.82, 2.24) is 0 Å². The minimum Gasteiger partial charge on any atom is -0.462 e. The third-order valence-corrected chi connectivity index (χ3v) is 7.89. The van der Waals surface area contributed by atoms with E-state index in [-0.39, 0.29) is 22.5 Å². The summed E-state index contributed by atoms with van der Waals surface area (Å²) >= 11 is 0. The van der Waals surface area contributed by atoms with Crippen molar-refractivity contribution in [2.45, 2.75) is 49.0 Å². The molecule has 7 heteroatoms. The van der Waals surface area contributed by atoms with Gasteiger partial charge in [-0.2, -0.15) is 8.42 Å². The maximum absolute atomic E-state index is 12.8. The molecule has 2 aromatic carbocycles. The summed E-state index contributed by atoms with van der Waals surface area (Å²) in [6.07, 6.45) is 5.44. The van der Waals surface area contributed by atoms with Crippen LogP contribution in [0.3, 0.4) is 0 Å². The lowest BCUT2D eigenvalue weighted by Crippen LogP contribution is -2.57. The fourth-order valence-corrected chi connectivity index (χ4v) is 7.22. The summed E-state index contributed by atoms with van der Waals surface area (Å²) in [7, 11) is -4.49. The molecule has 4 aliphatic carbocycles. The lowest BCUT2D eigenvalue weighted by atomic mass is 9.48. The average Bonchev–Trinajstić information content (AvgIpc) is 2.62. The molecule has 0 aliphatic heterocycles. The number of carbonyl (C=O) groups excluding carboxylic acids is 1. The molecule has 6 nitrogen and oxygen atoms in total. The van der Waals surface area contributed by atoms with E-state index in [9.17, 15) is 22.9 Å². The molecule has 4 bridgehead atoms. The summed E-state index contributed by atoms with van der Waals surface area (Å²) in [5, 5.41) is 11.8. The number of esters is 1. The lowest BCUT2D eigenvalue weighted by molar-refractivity contribution is -0.175. The van der Waals surface area contributed by atoms with Crippen molar-refractivity contribution in [3.8, 4) is 0 Å². The van der Waals surface area contributed by atoms with Gasteiger partial charge in [-0.25, -0.2) is 4.79 Å². The first-order valence-corrected chi connectivity index (χ1v) is 11.5. The highest BCUT2D eigenvalue weighted by molar-refractivity contribution is 7.86. The van der Waals surface area contributed by atoms with Gasteiger partial charge in [-0.3, -0.25) is 4.55 Å². The normalized spacial score (nSPS) is 33.2. The first-order chi connectivity index (χ1) is 13.6. The molecule has 0 amide bonds. The second kappa shape index (κ2) is 6.27. The Morgan fingerprint density at radius 1 is 1.10 bits per heavy atom. The Bertz CT molecular complexity index is 1090. The van der Waals surface area contributed by atoms with E-state index in [4.69, 9.17) is 4.74 Å². The molecule has 2 atom stereocenters. The number of fused-ring (bicyclic) bond motifs is 1. The molecule has 0 radical (unpaired) electrons. The lowest BCUT2D eigenvalue weighted by Gasteiger charge is -2.59. The van der Waals surface area contributed by atoms with Gasteiger partial charge in [0.25, 0.3) is 10.1 Å². The number of carbonyl (C=O) groups is 1. The topological polar surface area (TPSA) is 101 Å². The fraction of sp³-hybridized carbons (Fsp3) is 0.500. The minimum absolute atomic E-state index is 0.0970. The Hall–Kier alpha value is -1.96. The molecule has 2 aromatic rings. The number of hydrogen-bond donors (Lipinski definition) is 2. The van der Waals surface area contributed by atoms with Crippen molar-refractivity contribution in [3.05, 3.63) is 42.0 Å². The molecule has 6 rings (SSSR count). The van der Waals surface area contributed by atoms with Crippen LogP contribution < -0.4 is 0 Å². The third-order valence-electron chi connectivity index (χ3n) is 7.00. The highest BCUT2D eigenvalue weighted by Crippen LogP contribution is 2.61. The molecule has 4 fully saturated rings. The monoisotopic (exact) mass is 416 g/mol. The zero-order valence-corrected chi connectivity index (χ0v) is 16.8. The van der Waals surface area contributed by atoms with E-state index in [2.05, 4.69) is 0 Å². The Labute approximate surface area is 169 Å². The van der Waals surface area contributed by atoms with Crippen LogP contribution in [0.4, 0.5) is 0 Å². The molecule has 154 valence electrons. The molecule has 0 aromatic heterocycles. The van der Waals surface area contributed by atoms with Crippen molar-refractivity contribution < 1.29 is 27.6 Å². The Morgan fingerprint density at radius 3 is 2.45 bits per heavy atom. The van der Waals surface area contributed by atoms with Crippen LogP contribution in [0, 0.1) is 17.3 Å². The molecule has 2 N–H and O–H groups in total. The molecular formula is C22H24O6S. The van der Waals surface area contributed by atoms with Gasteiger partial charge < -0.3 is 9.84 Å². The fourth-order valence-electron chi connectivity index (χ4n) is 6.48. The van der Waals surface area contributed by atoms with Crippen LogP contribution in [0.15, 0.2) is 41.3 Å². The van der Waals surface area contributed by atoms with Gasteiger partial charge in [0.05, 0.1) is 17.8 Å². The standard InChI is InChI=1S/C22H24O6S/c23-20(17-6-16-3-1-2-4-18(16)19(7-17)29(25,26)27)28-13-21-8-14-5-15(9-21)11-22(24,10-14)12-21/h1-4,6-7,14-15,24H,5,8-13H2,(H,25,26,27). The number of aliphatic hydroxyl groups is 1. The van der Waals surface area contributed by atoms with Crippen LogP contribution in [0.1, 0.15) is 48.9 Å². The Morgan fingerprint density at radius 2 is 1.79 bits per heavy atom. The van der Waals surface area contributed by atoms with Crippen molar-refractivity contribution in [2.75, 3.05) is 6.61 Å². The SMILES string of the molecule is O=C(OCC12CC3CC(CC(O)(C3)C1)C2)c1cc(S(=O)(=O)O)c2ccccc2c1. The summed E-state index contributed by atoms with van der Waals surface area (Å²) in [4.78, 5) is 12.5. The summed E-state index contributed by atoms with van der Waals surface area (Å²) in [5.41, 5.74) is -0.714. The van der Waals surface area contributed by atoms with Crippen LogP contribution in [0.5, 0.6) is 0 Å². The predicted molar refractivity (Wildman–Crippen MR) is 106 cm³/mol. The summed E-state index contributed by atoms with van der Waals surface area (Å²) in [6, 6.07) is 9.44.